The predicted octanol–water partition coefficient (Wildman–Crippen LogP) is 5.71. The van der Waals surface area contributed by atoms with E-state index in [1.165, 1.54) is 33.5 Å². The van der Waals surface area contributed by atoms with Gasteiger partial charge in [0, 0.05) is 5.56 Å². The number of aromatic amines is 1. The Morgan fingerprint density at radius 2 is 1.39 bits per heavy atom. The number of halogens is 5. The maximum absolute atomic E-state index is 14.5. The fourth-order valence-corrected chi connectivity index (χ4v) is 3.58. The van der Waals surface area contributed by atoms with Crippen molar-refractivity contribution >= 4 is 28.5 Å². The fourth-order valence-electron chi connectivity index (χ4n) is 3.58. The lowest BCUT2D eigenvalue weighted by Crippen LogP contribution is -2.09. The Kier molecular flexibility index (Phi) is 6.65. The molecule has 186 valence electrons. The lowest BCUT2D eigenvalue weighted by Gasteiger charge is -2.14. The molecule has 3 aromatic carbocycles. The largest absolute Gasteiger partial charge is 0.493 e. The number of ether oxygens (including phenoxy) is 3. The van der Waals surface area contributed by atoms with E-state index in [2.05, 4.69) is 9.97 Å². The van der Waals surface area contributed by atoms with Crippen molar-refractivity contribution in [2.45, 2.75) is 0 Å². The summed E-state index contributed by atoms with van der Waals surface area (Å²) in [4.78, 5) is 20.7. The minimum absolute atomic E-state index is 0.0971. The number of allylic oxidation sites excluding steroid dienone is 1. The smallest absolute Gasteiger partial charge is 0.203 e. The Hall–Kier alpha value is -4.41. The molecule has 11 heteroatoms. The minimum Gasteiger partial charge on any atom is -0.493 e. The molecule has 0 amide bonds. The van der Waals surface area contributed by atoms with E-state index in [9.17, 15) is 26.7 Å². The van der Waals surface area contributed by atoms with E-state index in [1.54, 1.807) is 24.3 Å². The van der Waals surface area contributed by atoms with Gasteiger partial charge in [-0.15, -0.1) is 0 Å². The number of nitrogens with zero attached hydrogens (tertiary/aromatic N) is 1. The highest BCUT2D eigenvalue weighted by molar-refractivity contribution is 6.32. The summed E-state index contributed by atoms with van der Waals surface area (Å²) in [5, 5.41) is 0. The zero-order valence-corrected chi connectivity index (χ0v) is 19.0. The second-order valence-corrected chi connectivity index (χ2v) is 7.39. The zero-order chi connectivity index (χ0) is 26.1. The lowest BCUT2D eigenvalue weighted by molar-refractivity contribution is 0.105. The van der Waals surface area contributed by atoms with Crippen molar-refractivity contribution in [2.75, 3.05) is 21.3 Å². The summed E-state index contributed by atoms with van der Waals surface area (Å²) >= 11 is 0. The number of carbonyl (C=O) groups is 1. The van der Waals surface area contributed by atoms with E-state index < -0.39 is 46.0 Å². The van der Waals surface area contributed by atoms with Crippen molar-refractivity contribution in [3.8, 4) is 17.2 Å². The summed E-state index contributed by atoms with van der Waals surface area (Å²) in [7, 11) is 3.98. The molecule has 0 aliphatic carbocycles. The number of para-hydroxylation sites is 2. The number of benzene rings is 3. The zero-order valence-electron chi connectivity index (χ0n) is 19.0. The number of Topliss-reactive ketones (excluding diaryl/α,β-unsaturated/α-hetero) is 1. The summed E-state index contributed by atoms with van der Waals surface area (Å²) in [5.41, 5.74) is -1.02. The average Bonchev–Trinajstić information content (AvgIpc) is 3.33. The van der Waals surface area contributed by atoms with Gasteiger partial charge in [-0.2, -0.15) is 0 Å². The predicted molar refractivity (Wildman–Crippen MR) is 121 cm³/mol. The van der Waals surface area contributed by atoms with Gasteiger partial charge in [0.25, 0.3) is 0 Å². The third-order valence-corrected chi connectivity index (χ3v) is 5.35. The minimum atomic E-state index is -2.32. The Labute approximate surface area is 200 Å². The van der Waals surface area contributed by atoms with Gasteiger partial charge in [0.15, 0.2) is 40.6 Å². The number of methoxy groups -OCH3 is 3. The van der Waals surface area contributed by atoms with Crippen molar-refractivity contribution in [3.05, 3.63) is 82.4 Å². The van der Waals surface area contributed by atoms with Crippen LogP contribution in [0.4, 0.5) is 22.0 Å². The molecule has 0 atom stereocenters. The Bertz CT molecular complexity index is 1440. The molecule has 4 rings (SSSR count). The van der Waals surface area contributed by atoms with Gasteiger partial charge < -0.3 is 19.2 Å². The maximum Gasteiger partial charge on any atom is 0.203 e. The molecule has 6 nitrogen and oxygen atoms in total. The third kappa shape index (κ3) is 4.12. The van der Waals surface area contributed by atoms with Gasteiger partial charge in [-0.25, -0.2) is 26.9 Å². The number of hydrogen-bond donors (Lipinski definition) is 1. The molecule has 0 fully saturated rings. The van der Waals surface area contributed by atoms with Crippen LogP contribution >= 0.6 is 0 Å². The molecule has 1 aromatic heterocycles. The van der Waals surface area contributed by atoms with E-state index >= 15 is 0 Å². The molecule has 0 spiro atoms. The van der Waals surface area contributed by atoms with Crippen LogP contribution in [0.25, 0.3) is 22.7 Å². The van der Waals surface area contributed by atoms with E-state index in [0.29, 0.717) is 17.1 Å². The molecule has 0 unspecified atom stereocenters. The van der Waals surface area contributed by atoms with Crippen LogP contribution in [0.15, 0.2) is 36.4 Å². The van der Waals surface area contributed by atoms with Gasteiger partial charge in [0.05, 0.1) is 43.5 Å². The molecular formula is C25H17F5N2O4. The molecule has 36 heavy (non-hydrogen) atoms. The number of imidazole rings is 1. The second-order valence-electron chi connectivity index (χ2n) is 7.39. The second kappa shape index (κ2) is 9.68. The maximum atomic E-state index is 14.5. The van der Waals surface area contributed by atoms with Gasteiger partial charge in [-0.3, -0.25) is 4.79 Å². The molecule has 0 radical (unpaired) electrons. The highest BCUT2D eigenvalue weighted by atomic mass is 19.2. The van der Waals surface area contributed by atoms with Gasteiger partial charge in [-0.05, 0) is 30.3 Å². The average molecular weight is 504 g/mol. The number of hydrogen-bond acceptors (Lipinski definition) is 5. The first-order chi connectivity index (χ1) is 17.2. The van der Waals surface area contributed by atoms with Gasteiger partial charge in [0.2, 0.25) is 11.6 Å². The van der Waals surface area contributed by atoms with Crippen LogP contribution < -0.4 is 14.2 Å². The van der Waals surface area contributed by atoms with Crippen LogP contribution in [0.5, 0.6) is 17.2 Å². The number of aromatic nitrogens is 2. The molecule has 0 saturated carbocycles. The number of fused-ring (bicyclic) bond motifs is 1. The summed E-state index contributed by atoms with van der Waals surface area (Å²) in [6.45, 7) is 0. The van der Waals surface area contributed by atoms with Crippen molar-refractivity contribution in [1.82, 2.24) is 9.97 Å². The third-order valence-electron chi connectivity index (χ3n) is 5.35. The Morgan fingerprint density at radius 3 is 1.92 bits per heavy atom. The first-order valence-corrected chi connectivity index (χ1v) is 10.2. The molecule has 0 bridgehead atoms. The summed E-state index contributed by atoms with van der Waals surface area (Å²) < 4.78 is 86.1. The first-order valence-electron chi connectivity index (χ1n) is 10.2. The van der Waals surface area contributed by atoms with Crippen molar-refractivity contribution in [3.63, 3.8) is 0 Å². The van der Waals surface area contributed by atoms with Crippen molar-refractivity contribution < 1.29 is 41.0 Å². The fraction of sp³-hybridized carbons (Fsp3) is 0.120. The summed E-state index contributed by atoms with van der Waals surface area (Å²) in [6.07, 6.45) is 0.555. The van der Waals surface area contributed by atoms with Crippen LogP contribution in [0.3, 0.4) is 0 Å². The van der Waals surface area contributed by atoms with Crippen LogP contribution in [0.2, 0.25) is 0 Å². The molecule has 4 aromatic rings. The molecule has 0 saturated heterocycles. The highest BCUT2D eigenvalue weighted by Gasteiger charge is 2.28. The van der Waals surface area contributed by atoms with Crippen molar-refractivity contribution in [2.24, 2.45) is 0 Å². The first kappa shape index (κ1) is 24.7. The normalized spacial score (nSPS) is 11.6. The number of carbonyl (C=O) groups excluding carboxylic acids is 1. The Balaban J connectivity index is 2.00. The van der Waals surface area contributed by atoms with E-state index in [0.717, 1.165) is 0 Å². The quantitative estimate of drug-likeness (QED) is 0.115. The lowest BCUT2D eigenvalue weighted by atomic mass is 9.98. The van der Waals surface area contributed by atoms with E-state index in [1.807, 2.05) is 0 Å². The van der Waals surface area contributed by atoms with Crippen LogP contribution in [-0.4, -0.2) is 37.1 Å². The Morgan fingerprint density at radius 1 is 0.833 bits per heavy atom. The SMILES string of the molecule is COc1cc(C(=O)/C(=C\c2c(F)c(F)c(F)c(F)c2F)c2nc3ccccc3[nH]2)cc(OC)c1OC. The molecule has 1 heterocycles. The van der Waals surface area contributed by atoms with Crippen LogP contribution in [-0.2, 0) is 0 Å². The molecule has 1 N–H and O–H groups in total. The monoisotopic (exact) mass is 504 g/mol. The topological polar surface area (TPSA) is 73.4 Å². The van der Waals surface area contributed by atoms with Gasteiger partial charge in [-0.1, -0.05) is 12.1 Å². The summed E-state index contributed by atoms with van der Waals surface area (Å²) in [5.74, 6) is -11.5. The molecule has 0 aliphatic rings. The van der Waals surface area contributed by atoms with Crippen molar-refractivity contribution in [1.29, 1.82) is 0 Å². The van der Waals surface area contributed by atoms with E-state index in [4.69, 9.17) is 14.2 Å². The molecular weight excluding hydrogens is 487 g/mol. The van der Waals surface area contributed by atoms with Crippen LogP contribution in [0.1, 0.15) is 21.7 Å². The number of ketones is 1. The number of H-pyrrole nitrogens is 1. The van der Waals surface area contributed by atoms with Gasteiger partial charge in [0.1, 0.15) is 5.82 Å². The highest BCUT2D eigenvalue weighted by Crippen LogP contribution is 2.39. The standard InChI is InChI=1S/C25H17F5N2O4/c1-34-16-8-11(9-17(35-2)24(16)36-3)23(33)13(25-31-14-6-4-5-7-15(14)32-25)10-12-18(26)20(28)22(30)21(29)19(12)27/h4-10H,1-3H3,(H,31,32)/b13-10+. The van der Waals surface area contributed by atoms with Gasteiger partial charge >= 0.3 is 0 Å². The van der Waals surface area contributed by atoms with E-state index in [-0.39, 0.29) is 28.6 Å². The summed E-state index contributed by atoms with van der Waals surface area (Å²) in [6, 6.07) is 9.14. The number of nitrogens with one attached hydrogen (secondary N) is 1. The molecule has 0 aliphatic heterocycles. The van der Waals surface area contributed by atoms with Crippen LogP contribution in [0, 0.1) is 29.1 Å². The number of rotatable bonds is 7.